The predicted octanol–water partition coefficient (Wildman–Crippen LogP) is 3.80. The van der Waals surface area contributed by atoms with Crippen molar-refractivity contribution in [2.45, 2.75) is 32.2 Å². The van der Waals surface area contributed by atoms with Crippen LogP contribution in [0.2, 0.25) is 0 Å². The number of pyridine rings is 1. The summed E-state index contributed by atoms with van der Waals surface area (Å²) in [4.78, 5) is 17.2. The number of aryl methyl sites for hydroxylation is 1. The number of amides is 1. The Hall–Kier alpha value is -2.56. The second kappa shape index (κ2) is 8.01. The topological polar surface area (TPSA) is 65.5 Å². The molecule has 2 aromatic rings. The lowest BCUT2D eigenvalue weighted by Gasteiger charge is -2.38. The number of anilines is 1. The molecule has 0 saturated carbocycles. The standard InChI is InChI=1S/C20H25N3O2/c1-15-2-4-16(5-3-15)12-19-13-17(8-11-23(19)20(24)25)14-22-18-6-9-21-10-7-18/h2-7,9-10,17,19H,8,11-14H2,1H3,(H,21,22)(H,24,25). The Labute approximate surface area is 148 Å². The van der Waals surface area contributed by atoms with Crippen LogP contribution in [0.4, 0.5) is 10.5 Å². The molecule has 25 heavy (non-hydrogen) atoms. The van der Waals surface area contributed by atoms with Crippen LogP contribution in [-0.4, -0.2) is 40.2 Å². The average Bonchev–Trinajstić information content (AvgIpc) is 2.63. The molecular weight excluding hydrogens is 314 g/mol. The molecule has 132 valence electrons. The number of likely N-dealkylation sites (tertiary alicyclic amines) is 1. The molecule has 0 spiro atoms. The van der Waals surface area contributed by atoms with Crippen molar-refractivity contribution in [2.24, 2.45) is 5.92 Å². The lowest BCUT2D eigenvalue weighted by molar-refractivity contribution is 0.0917. The zero-order chi connectivity index (χ0) is 17.6. The SMILES string of the molecule is Cc1ccc(CC2CC(CNc3ccncc3)CCN2C(=O)O)cc1. The summed E-state index contributed by atoms with van der Waals surface area (Å²) in [6.45, 7) is 3.53. The van der Waals surface area contributed by atoms with Crippen LogP contribution in [0.5, 0.6) is 0 Å². The quantitative estimate of drug-likeness (QED) is 0.869. The fourth-order valence-electron chi connectivity index (χ4n) is 3.49. The van der Waals surface area contributed by atoms with Crippen LogP contribution in [0.25, 0.3) is 0 Å². The lowest BCUT2D eigenvalue weighted by Crippen LogP contribution is -2.47. The van der Waals surface area contributed by atoms with Gasteiger partial charge in [-0.05, 0) is 49.8 Å². The summed E-state index contributed by atoms with van der Waals surface area (Å²) < 4.78 is 0. The molecule has 3 rings (SSSR count). The van der Waals surface area contributed by atoms with Gasteiger partial charge in [-0.15, -0.1) is 0 Å². The van der Waals surface area contributed by atoms with Gasteiger partial charge >= 0.3 is 6.09 Å². The van der Waals surface area contributed by atoms with Gasteiger partial charge in [0.1, 0.15) is 0 Å². The molecule has 5 heteroatoms. The minimum atomic E-state index is -0.808. The molecule has 1 aromatic carbocycles. The Morgan fingerprint density at radius 3 is 2.64 bits per heavy atom. The van der Waals surface area contributed by atoms with Crippen molar-refractivity contribution in [1.29, 1.82) is 0 Å². The Morgan fingerprint density at radius 2 is 1.96 bits per heavy atom. The van der Waals surface area contributed by atoms with Crippen molar-refractivity contribution in [1.82, 2.24) is 9.88 Å². The number of piperidine rings is 1. The first kappa shape index (κ1) is 17.3. The molecule has 5 nitrogen and oxygen atoms in total. The van der Waals surface area contributed by atoms with Crippen LogP contribution in [0.3, 0.4) is 0 Å². The van der Waals surface area contributed by atoms with Gasteiger partial charge in [-0.25, -0.2) is 4.79 Å². The van der Waals surface area contributed by atoms with Gasteiger partial charge in [0.05, 0.1) is 0 Å². The van der Waals surface area contributed by atoms with Gasteiger partial charge in [0.2, 0.25) is 0 Å². The van der Waals surface area contributed by atoms with E-state index >= 15 is 0 Å². The highest BCUT2D eigenvalue weighted by molar-refractivity contribution is 5.65. The number of nitrogens with one attached hydrogen (secondary N) is 1. The van der Waals surface area contributed by atoms with Crippen LogP contribution >= 0.6 is 0 Å². The highest BCUT2D eigenvalue weighted by Gasteiger charge is 2.31. The van der Waals surface area contributed by atoms with E-state index < -0.39 is 6.09 Å². The summed E-state index contributed by atoms with van der Waals surface area (Å²) in [6.07, 6.45) is 5.30. The normalized spacial score (nSPS) is 20.3. The first-order valence-electron chi connectivity index (χ1n) is 8.81. The number of hydrogen-bond donors (Lipinski definition) is 2. The number of aromatic nitrogens is 1. The summed E-state index contributed by atoms with van der Waals surface area (Å²) in [5.74, 6) is 0.471. The van der Waals surface area contributed by atoms with Gasteiger partial charge in [0.25, 0.3) is 0 Å². The molecule has 2 atom stereocenters. The minimum Gasteiger partial charge on any atom is -0.465 e. The molecule has 1 amide bonds. The molecule has 2 heterocycles. The summed E-state index contributed by atoms with van der Waals surface area (Å²) in [5.41, 5.74) is 3.48. The fraction of sp³-hybridized carbons (Fsp3) is 0.400. The van der Waals surface area contributed by atoms with Crippen molar-refractivity contribution in [3.63, 3.8) is 0 Å². The molecule has 2 N–H and O–H groups in total. The van der Waals surface area contributed by atoms with E-state index in [4.69, 9.17) is 0 Å². The van der Waals surface area contributed by atoms with Gasteiger partial charge in [0.15, 0.2) is 0 Å². The van der Waals surface area contributed by atoms with E-state index in [0.717, 1.165) is 31.5 Å². The highest BCUT2D eigenvalue weighted by atomic mass is 16.4. The molecule has 1 saturated heterocycles. The monoisotopic (exact) mass is 339 g/mol. The lowest BCUT2D eigenvalue weighted by atomic mass is 9.87. The number of carboxylic acid groups (broad SMARTS) is 1. The van der Waals surface area contributed by atoms with E-state index in [0.29, 0.717) is 12.5 Å². The Bertz CT molecular complexity index is 688. The molecule has 0 radical (unpaired) electrons. The molecule has 1 aliphatic rings. The number of benzene rings is 1. The third-order valence-corrected chi connectivity index (χ3v) is 4.94. The van der Waals surface area contributed by atoms with Crippen molar-refractivity contribution >= 4 is 11.8 Å². The predicted molar refractivity (Wildman–Crippen MR) is 98.9 cm³/mol. The molecule has 2 unspecified atom stereocenters. The smallest absolute Gasteiger partial charge is 0.407 e. The largest absolute Gasteiger partial charge is 0.465 e. The van der Waals surface area contributed by atoms with Gasteiger partial charge in [-0.1, -0.05) is 29.8 Å². The number of nitrogens with zero attached hydrogens (tertiary/aromatic N) is 2. The molecular formula is C20H25N3O2. The van der Waals surface area contributed by atoms with Gasteiger partial charge in [-0.3, -0.25) is 4.98 Å². The van der Waals surface area contributed by atoms with E-state index in [1.165, 1.54) is 11.1 Å². The zero-order valence-corrected chi connectivity index (χ0v) is 14.6. The Balaban J connectivity index is 1.62. The Kier molecular flexibility index (Phi) is 5.53. The van der Waals surface area contributed by atoms with Gasteiger partial charge < -0.3 is 15.3 Å². The first-order valence-corrected chi connectivity index (χ1v) is 8.81. The van der Waals surface area contributed by atoms with Crippen LogP contribution in [0, 0.1) is 12.8 Å². The molecule has 1 aliphatic heterocycles. The van der Waals surface area contributed by atoms with E-state index in [-0.39, 0.29) is 6.04 Å². The van der Waals surface area contributed by atoms with Crippen molar-refractivity contribution in [3.8, 4) is 0 Å². The van der Waals surface area contributed by atoms with E-state index in [1.54, 1.807) is 17.3 Å². The van der Waals surface area contributed by atoms with E-state index in [1.807, 2.05) is 12.1 Å². The zero-order valence-electron chi connectivity index (χ0n) is 14.6. The maximum absolute atomic E-state index is 11.6. The maximum Gasteiger partial charge on any atom is 0.407 e. The van der Waals surface area contributed by atoms with Crippen molar-refractivity contribution in [3.05, 3.63) is 59.9 Å². The third kappa shape index (κ3) is 4.72. The van der Waals surface area contributed by atoms with Crippen LogP contribution < -0.4 is 5.32 Å². The number of hydrogen-bond acceptors (Lipinski definition) is 3. The van der Waals surface area contributed by atoms with Crippen LogP contribution in [0.15, 0.2) is 48.8 Å². The van der Waals surface area contributed by atoms with E-state index in [9.17, 15) is 9.90 Å². The third-order valence-electron chi connectivity index (χ3n) is 4.94. The summed E-state index contributed by atoms with van der Waals surface area (Å²) in [7, 11) is 0. The fourth-order valence-corrected chi connectivity index (χ4v) is 3.49. The molecule has 0 bridgehead atoms. The molecule has 0 aliphatic carbocycles. The van der Waals surface area contributed by atoms with Crippen LogP contribution in [0.1, 0.15) is 24.0 Å². The number of carbonyl (C=O) groups is 1. The Morgan fingerprint density at radius 1 is 1.24 bits per heavy atom. The van der Waals surface area contributed by atoms with Crippen LogP contribution in [-0.2, 0) is 6.42 Å². The van der Waals surface area contributed by atoms with Crippen molar-refractivity contribution < 1.29 is 9.90 Å². The molecule has 1 aromatic heterocycles. The summed E-state index contributed by atoms with van der Waals surface area (Å²) in [5, 5.41) is 13.0. The maximum atomic E-state index is 11.6. The van der Waals surface area contributed by atoms with Gasteiger partial charge in [-0.2, -0.15) is 0 Å². The first-order chi connectivity index (χ1) is 12.1. The number of rotatable bonds is 5. The second-order valence-electron chi connectivity index (χ2n) is 6.83. The minimum absolute atomic E-state index is 0.0400. The van der Waals surface area contributed by atoms with E-state index in [2.05, 4.69) is 41.5 Å². The van der Waals surface area contributed by atoms with Crippen molar-refractivity contribution in [2.75, 3.05) is 18.4 Å². The molecule has 1 fully saturated rings. The van der Waals surface area contributed by atoms with Gasteiger partial charge in [0, 0.05) is 37.2 Å². The highest BCUT2D eigenvalue weighted by Crippen LogP contribution is 2.26. The second-order valence-corrected chi connectivity index (χ2v) is 6.83. The average molecular weight is 339 g/mol. The summed E-state index contributed by atoms with van der Waals surface area (Å²) in [6, 6.07) is 12.3. The summed E-state index contributed by atoms with van der Waals surface area (Å²) >= 11 is 0.